The van der Waals surface area contributed by atoms with Crippen LogP contribution in [0, 0.1) is 5.82 Å². The molecule has 0 bridgehead atoms. The van der Waals surface area contributed by atoms with Crippen molar-refractivity contribution in [2.75, 3.05) is 17.7 Å². The Labute approximate surface area is 152 Å². The quantitative estimate of drug-likeness (QED) is 0.685. The number of halogens is 2. The van der Waals surface area contributed by atoms with E-state index >= 15 is 0 Å². The first-order chi connectivity index (χ1) is 11.7. The summed E-state index contributed by atoms with van der Waals surface area (Å²) in [6, 6.07) is 7.69. The van der Waals surface area contributed by atoms with Gasteiger partial charge in [0.25, 0.3) is 5.91 Å². The zero-order valence-electron chi connectivity index (χ0n) is 13.1. The zero-order chi connectivity index (χ0) is 18.6. The molecular weight excluding hydrogens is 417 g/mol. The summed E-state index contributed by atoms with van der Waals surface area (Å²) < 4.78 is 42.9. The van der Waals surface area contributed by atoms with E-state index in [0.29, 0.717) is 4.47 Å². The third kappa shape index (κ3) is 4.93. The molecule has 0 unspecified atom stereocenters. The van der Waals surface area contributed by atoms with Gasteiger partial charge in [-0.05, 0) is 36.4 Å². The van der Waals surface area contributed by atoms with E-state index in [0.717, 1.165) is 6.07 Å². The molecule has 2 aromatic rings. The Morgan fingerprint density at radius 1 is 1.28 bits per heavy atom. The van der Waals surface area contributed by atoms with Gasteiger partial charge in [-0.3, -0.25) is 4.79 Å². The smallest absolute Gasteiger partial charge is 0.262 e. The monoisotopic (exact) mass is 431 g/mol. The van der Waals surface area contributed by atoms with Crippen molar-refractivity contribution in [1.29, 1.82) is 0 Å². The first-order valence-corrected chi connectivity index (χ1v) is 9.61. The Hall–Kier alpha value is -2.13. The number of benzene rings is 2. The average Bonchev–Trinajstić information content (AvgIpc) is 2.56. The first-order valence-electron chi connectivity index (χ1n) is 7.16. The highest BCUT2D eigenvalue weighted by molar-refractivity contribution is 9.10. The maximum absolute atomic E-state index is 13.6. The number of anilines is 1. The third-order valence-corrected chi connectivity index (χ3v) is 5.46. The number of phenols is 1. The van der Waals surface area contributed by atoms with Crippen molar-refractivity contribution >= 4 is 37.4 Å². The molecule has 2 rings (SSSR count). The highest BCUT2D eigenvalue weighted by Crippen LogP contribution is 2.27. The van der Waals surface area contributed by atoms with Crippen LogP contribution in [0.4, 0.5) is 10.1 Å². The molecule has 0 saturated carbocycles. The molecule has 0 radical (unpaired) electrons. The van der Waals surface area contributed by atoms with Crippen LogP contribution in [0.2, 0.25) is 0 Å². The summed E-state index contributed by atoms with van der Waals surface area (Å²) in [5, 5.41) is 12.1. The van der Waals surface area contributed by atoms with Gasteiger partial charge in [0.15, 0.2) is 28.0 Å². The van der Waals surface area contributed by atoms with Gasteiger partial charge in [0.1, 0.15) is 5.75 Å². The van der Waals surface area contributed by atoms with E-state index in [1.807, 2.05) is 0 Å². The van der Waals surface area contributed by atoms with E-state index in [2.05, 4.69) is 21.2 Å². The molecule has 0 aliphatic heterocycles. The number of ether oxygens (including phenoxy) is 1. The number of phenolic OH excluding ortho intramolecular Hbond substituents is 1. The molecule has 2 N–H and O–H groups in total. The second kappa shape index (κ2) is 7.83. The number of hydrogen-bond donors (Lipinski definition) is 2. The van der Waals surface area contributed by atoms with Crippen molar-refractivity contribution in [3.8, 4) is 11.5 Å². The maximum atomic E-state index is 13.6. The van der Waals surface area contributed by atoms with Crippen molar-refractivity contribution in [3.05, 3.63) is 46.7 Å². The molecule has 1 amide bonds. The van der Waals surface area contributed by atoms with Crippen LogP contribution in [0.25, 0.3) is 0 Å². The Kier molecular flexibility index (Phi) is 6.02. The number of hydrogen-bond acceptors (Lipinski definition) is 5. The Bertz CT molecular complexity index is 901. The Balaban J connectivity index is 2.09. The lowest BCUT2D eigenvalue weighted by Crippen LogP contribution is -2.20. The van der Waals surface area contributed by atoms with Crippen LogP contribution in [-0.4, -0.2) is 31.8 Å². The van der Waals surface area contributed by atoms with Gasteiger partial charge < -0.3 is 15.2 Å². The molecule has 2 aromatic carbocycles. The number of carbonyl (C=O) groups is 1. The van der Waals surface area contributed by atoms with Crippen LogP contribution in [-0.2, 0) is 14.6 Å². The van der Waals surface area contributed by atoms with Gasteiger partial charge in [0.2, 0.25) is 0 Å². The number of amides is 1. The molecule has 0 atom stereocenters. The van der Waals surface area contributed by atoms with Gasteiger partial charge in [0.05, 0.1) is 16.3 Å². The molecule has 9 heteroatoms. The van der Waals surface area contributed by atoms with Gasteiger partial charge in [-0.2, -0.15) is 0 Å². The summed E-state index contributed by atoms with van der Waals surface area (Å²) in [5.74, 6) is -1.83. The van der Waals surface area contributed by atoms with Crippen molar-refractivity contribution in [1.82, 2.24) is 0 Å². The minimum atomic E-state index is -3.49. The van der Waals surface area contributed by atoms with Crippen LogP contribution in [0.1, 0.15) is 6.92 Å². The minimum Gasteiger partial charge on any atom is -0.506 e. The van der Waals surface area contributed by atoms with E-state index in [4.69, 9.17) is 4.74 Å². The second-order valence-corrected chi connectivity index (χ2v) is 8.19. The van der Waals surface area contributed by atoms with Gasteiger partial charge >= 0.3 is 0 Å². The van der Waals surface area contributed by atoms with Gasteiger partial charge in [-0.25, -0.2) is 12.8 Å². The fourth-order valence-corrected chi connectivity index (χ4v) is 3.14. The van der Waals surface area contributed by atoms with Crippen LogP contribution in [0.3, 0.4) is 0 Å². The summed E-state index contributed by atoms with van der Waals surface area (Å²) in [4.78, 5) is 11.9. The lowest BCUT2D eigenvalue weighted by Gasteiger charge is -2.11. The van der Waals surface area contributed by atoms with Crippen molar-refractivity contribution in [2.24, 2.45) is 0 Å². The highest BCUT2D eigenvalue weighted by atomic mass is 79.9. The molecule has 0 aliphatic carbocycles. The van der Waals surface area contributed by atoms with Gasteiger partial charge in [0, 0.05) is 4.47 Å². The van der Waals surface area contributed by atoms with Crippen LogP contribution >= 0.6 is 15.9 Å². The van der Waals surface area contributed by atoms with E-state index in [1.165, 1.54) is 31.2 Å². The molecule has 0 saturated heterocycles. The fourth-order valence-electron chi connectivity index (χ4n) is 1.90. The number of nitrogens with one attached hydrogen (secondary N) is 1. The maximum Gasteiger partial charge on any atom is 0.262 e. The number of sulfone groups is 1. The minimum absolute atomic E-state index is 0.0250. The highest BCUT2D eigenvalue weighted by Gasteiger charge is 2.16. The van der Waals surface area contributed by atoms with Crippen LogP contribution < -0.4 is 10.1 Å². The molecule has 0 spiro atoms. The molecule has 0 fully saturated rings. The van der Waals surface area contributed by atoms with Crippen LogP contribution in [0.5, 0.6) is 11.5 Å². The summed E-state index contributed by atoms with van der Waals surface area (Å²) in [7, 11) is -3.49. The number of rotatable bonds is 6. The lowest BCUT2D eigenvalue weighted by atomic mass is 10.3. The van der Waals surface area contributed by atoms with E-state index in [-0.39, 0.29) is 27.8 Å². The summed E-state index contributed by atoms with van der Waals surface area (Å²) in [6.07, 6.45) is 0. The van der Waals surface area contributed by atoms with Gasteiger partial charge in [-0.15, -0.1) is 0 Å². The topological polar surface area (TPSA) is 92.7 Å². The SMILES string of the molecule is CCS(=O)(=O)c1ccc(O)c(NC(=O)COc2ccc(Br)cc2F)c1. The fraction of sp³-hybridized carbons (Fsp3) is 0.188. The predicted octanol–water partition coefficient (Wildman–Crippen LogP) is 3.10. The normalized spacial score (nSPS) is 11.2. The van der Waals surface area contributed by atoms with E-state index < -0.39 is 28.2 Å². The molecular formula is C16H15BrFNO5S. The Morgan fingerprint density at radius 2 is 2.00 bits per heavy atom. The van der Waals surface area contributed by atoms with Crippen molar-refractivity contribution < 1.29 is 27.4 Å². The average molecular weight is 432 g/mol. The van der Waals surface area contributed by atoms with Crippen LogP contribution in [0.15, 0.2) is 45.8 Å². The standard InChI is InChI=1S/C16H15BrFNO5S/c1-2-25(22,23)11-4-5-14(20)13(8-11)19-16(21)9-24-15-6-3-10(17)7-12(15)18/h3-8,20H,2,9H2,1H3,(H,19,21). The third-order valence-electron chi connectivity index (χ3n) is 3.23. The molecule has 0 aromatic heterocycles. The van der Waals surface area contributed by atoms with E-state index in [9.17, 15) is 22.7 Å². The molecule has 25 heavy (non-hydrogen) atoms. The molecule has 0 aliphatic rings. The van der Waals surface area contributed by atoms with E-state index in [1.54, 1.807) is 6.07 Å². The largest absolute Gasteiger partial charge is 0.506 e. The summed E-state index contributed by atoms with van der Waals surface area (Å²) >= 11 is 3.11. The Morgan fingerprint density at radius 3 is 2.64 bits per heavy atom. The molecule has 6 nitrogen and oxygen atoms in total. The van der Waals surface area contributed by atoms with Crippen molar-refractivity contribution in [3.63, 3.8) is 0 Å². The predicted molar refractivity (Wildman–Crippen MR) is 94.1 cm³/mol. The summed E-state index contributed by atoms with van der Waals surface area (Å²) in [6.45, 7) is 0.976. The molecule has 134 valence electrons. The van der Waals surface area contributed by atoms with Gasteiger partial charge in [-0.1, -0.05) is 22.9 Å². The summed E-state index contributed by atoms with van der Waals surface area (Å²) in [5.41, 5.74) is -0.0700. The molecule has 0 heterocycles. The number of carbonyl (C=O) groups excluding carboxylic acids is 1. The lowest BCUT2D eigenvalue weighted by molar-refractivity contribution is -0.118. The number of aromatic hydroxyl groups is 1. The zero-order valence-corrected chi connectivity index (χ0v) is 15.5. The second-order valence-electron chi connectivity index (χ2n) is 4.99. The first kappa shape index (κ1) is 19.2. The van der Waals surface area contributed by atoms with Crippen molar-refractivity contribution in [2.45, 2.75) is 11.8 Å².